The molecule has 1 aliphatic rings. The van der Waals surface area contributed by atoms with Gasteiger partial charge in [0, 0.05) is 52.9 Å². The van der Waals surface area contributed by atoms with E-state index in [-0.39, 0.29) is 0 Å². The first-order valence-corrected chi connectivity index (χ1v) is 9.21. The predicted octanol–water partition coefficient (Wildman–Crippen LogP) is 1.14. The summed E-state index contributed by atoms with van der Waals surface area (Å²) in [7, 11) is 3.90. The zero-order chi connectivity index (χ0) is 17.9. The van der Waals surface area contributed by atoms with Gasteiger partial charge < -0.3 is 20.3 Å². The number of methoxy groups -OCH3 is 1. The standard InChI is InChI=1S/C19H33N5O/c1-4-20-19(21-9-14-25-3)22-15-17-5-7-18(8-6-17)16-24-12-10-23(2)11-13-24/h5-8H,4,9-16H2,1-3H3,(H2,20,21,22). The van der Waals surface area contributed by atoms with Gasteiger partial charge >= 0.3 is 0 Å². The number of aliphatic imine (C=N–C) groups is 1. The molecule has 140 valence electrons. The summed E-state index contributed by atoms with van der Waals surface area (Å²) in [6.45, 7) is 10.7. The molecule has 0 radical (unpaired) electrons. The van der Waals surface area contributed by atoms with E-state index in [2.05, 4.69) is 63.7 Å². The Balaban J connectivity index is 1.82. The van der Waals surface area contributed by atoms with Gasteiger partial charge in [0.1, 0.15) is 0 Å². The predicted molar refractivity (Wildman–Crippen MR) is 104 cm³/mol. The average Bonchev–Trinajstić information content (AvgIpc) is 2.63. The van der Waals surface area contributed by atoms with Gasteiger partial charge in [-0.15, -0.1) is 0 Å². The zero-order valence-electron chi connectivity index (χ0n) is 15.9. The smallest absolute Gasteiger partial charge is 0.191 e. The highest BCUT2D eigenvalue weighted by atomic mass is 16.5. The van der Waals surface area contributed by atoms with Crippen molar-refractivity contribution in [3.05, 3.63) is 35.4 Å². The molecule has 1 aliphatic heterocycles. The Bertz CT molecular complexity index is 509. The van der Waals surface area contributed by atoms with Gasteiger partial charge in [0.05, 0.1) is 13.2 Å². The van der Waals surface area contributed by atoms with E-state index in [9.17, 15) is 0 Å². The third-order valence-electron chi connectivity index (χ3n) is 4.39. The topological polar surface area (TPSA) is 52.1 Å². The summed E-state index contributed by atoms with van der Waals surface area (Å²) in [5.74, 6) is 0.834. The molecule has 25 heavy (non-hydrogen) atoms. The third kappa shape index (κ3) is 7.42. The van der Waals surface area contributed by atoms with Crippen LogP contribution < -0.4 is 10.6 Å². The fourth-order valence-electron chi connectivity index (χ4n) is 2.80. The molecule has 6 nitrogen and oxygen atoms in total. The molecule has 1 aromatic rings. The number of hydrogen-bond acceptors (Lipinski definition) is 4. The first-order valence-electron chi connectivity index (χ1n) is 9.21. The van der Waals surface area contributed by atoms with Crippen molar-refractivity contribution in [2.24, 2.45) is 4.99 Å². The maximum Gasteiger partial charge on any atom is 0.191 e. The Labute approximate surface area is 152 Å². The van der Waals surface area contributed by atoms with Crippen molar-refractivity contribution in [3.8, 4) is 0 Å². The SMILES string of the molecule is CCNC(=NCc1ccc(CN2CCN(C)CC2)cc1)NCCOC. The molecule has 0 bridgehead atoms. The highest BCUT2D eigenvalue weighted by Crippen LogP contribution is 2.10. The fraction of sp³-hybridized carbons (Fsp3) is 0.632. The van der Waals surface area contributed by atoms with E-state index >= 15 is 0 Å². The minimum absolute atomic E-state index is 0.672. The van der Waals surface area contributed by atoms with Crippen LogP contribution in [-0.2, 0) is 17.8 Å². The molecule has 0 spiro atoms. The lowest BCUT2D eigenvalue weighted by atomic mass is 10.1. The normalized spacial score (nSPS) is 16.8. The molecule has 1 heterocycles. The lowest BCUT2D eigenvalue weighted by Gasteiger charge is -2.32. The minimum Gasteiger partial charge on any atom is -0.383 e. The molecule has 0 atom stereocenters. The number of likely N-dealkylation sites (N-methyl/N-ethyl adjacent to an activating group) is 1. The number of nitrogens with one attached hydrogen (secondary N) is 2. The van der Waals surface area contributed by atoms with Crippen LogP contribution in [-0.4, -0.2) is 75.8 Å². The fourth-order valence-corrected chi connectivity index (χ4v) is 2.80. The molecular formula is C19H33N5O. The lowest BCUT2D eigenvalue weighted by molar-refractivity contribution is 0.148. The second-order valence-electron chi connectivity index (χ2n) is 6.51. The van der Waals surface area contributed by atoms with Crippen LogP contribution in [0.5, 0.6) is 0 Å². The first kappa shape index (κ1) is 19.7. The van der Waals surface area contributed by atoms with Crippen molar-refractivity contribution in [1.82, 2.24) is 20.4 Å². The number of rotatable bonds is 8. The van der Waals surface area contributed by atoms with Crippen LogP contribution in [0.2, 0.25) is 0 Å². The van der Waals surface area contributed by atoms with Crippen molar-refractivity contribution in [2.75, 3.05) is 60.0 Å². The Morgan fingerprint density at radius 2 is 1.76 bits per heavy atom. The van der Waals surface area contributed by atoms with Gasteiger partial charge in [-0.3, -0.25) is 4.90 Å². The molecule has 2 N–H and O–H groups in total. The number of hydrogen-bond donors (Lipinski definition) is 2. The van der Waals surface area contributed by atoms with Crippen LogP contribution in [0.4, 0.5) is 0 Å². The Kier molecular flexibility index (Phi) is 8.72. The van der Waals surface area contributed by atoms with Gasteiger partial charge in [0.2, 0.25) is 0 Å². The monoisotopic (exact) mass is 347 g/mol. The maximum atomic E-state index is 5.06. The quantitative estimate of drug-likeness (QED) is 0.420. The largest absolute Gasteiger partial charge is 0.383 e. The van der Waals surface area contributed by atoms with E-state index in [1.54, 1.807) is 7.11 Å². The summed E-state index contributed by atoms with van der Waals surface area (Å²) >= 11 is 0. The number of benzene rings is 1. The van der Waals surface area contributed by atoms with E-state index in [0.717, 1.165) is 51.8 Å². The molecular weight excluding hydrogens is 314 g/mol. The van der Waals surface area contributed by atoms with Crippen LogP contribution in [0.15, 0.2) is 29.3 Å². The summed E-state index contributed by atoms with van der Waals surface area (Å²) in [6, 6.07) is 8.84. The molecule has 0 aromatic heterocycles. The zero-order valence-corrected chi connectivity index (χ0v) is 15.9. The minimum atomic E-state index is 0.672. The van der Waals surface area contributed by atoms with Crippen molar-refractivity contribution in [1.29, 1.82) is 0 Å². The van der Waals surface area contributed by atoms with Crippen LogP contribution >= 0.6 is 0 Å². The average molecular weight is 348 g/mol. The summed E-state index contributed by atoms with van der Waals surface area (Å²) in [4.78, 5) is 9.55. The van der Waals surface area contributed by atoms with Crippen molar-refractivity contribution in [3.63, 3.8) is 0 Å². The van der Waals surface area contributed by atoms with Crippen molar-refractivity contribution < 1.29 is 4.74 Å². The van der Waals surface area contributed by atoms with Crippen molar-refractivity contribution >= 4 is 5.96 Å². The van der Waals surface area contributed by atoms with Crippen LogP contribution in [0.25, 0.3) is 0 Å². The molecule has 0 amide bonds. The summed E-state index contributed by atoms with van der Waals surface area (Å²) in [5.41, 5.74) is 2.61. The van der Waals surface area contributed by atoms with E-state index < -0.39 is 0 Å². The molecule has 0 saturated carbocycles. The van der Waals surface area contributed by atoms with E-state index in [4.69, 9.17) is 4.74 Å². The lowest BCUT2D eigenvalue weighted by Crippen LogP contribution is -2.43. The molecule has 0 aliphatic carbocycles. The molecule has 1 fully saturated rings. The summed E-state index contributed by atoms with van der Waals surface area (Å²) in [6.07, 6.45) is 0. The molecule has 2 rings (SSSR count). The Morgan fingerprint density at radius 3 is 2.40 bits per heavy atom. The van der Waals surface area contributed by atoms with Gasteiger partial charge in [-0.2, -0.15) is 0 Å². The summed E-state index contributed by atoms with van der Waals surface area (Å²) < 4.78 is 5.06. The first-order chi connectivity index (χ1) is 12.2. The molecule has 1 aromatic carbocycles. The number of nitrogens with zero attached hydrogens (tertiary/aromatic N) is 3. The van der Waals surface area contributed by atoms with Crippen molar-refractivity contribution in [2.45, 2.75) is 20.0 Å². The van der Waals surface area contributed by atoms with Gasteiger partial charge in [-0.05, 0) is 25.1 Å². The second kappa shape index (κ2) is 11.1. The van der Waals surface area contributed by atoms with E-state index in [0.29, 0.717) is 13.2 Å². The highest BCUT2D eigenvalue weighted by molar-refractivity contribution is 5.79. The highest BCUT2D eigenvalue weighted by Gasteiger charge is 2.13. The van der Waals surface area contributed by atoms with Crippen LogP contribution in [0.1, 0.15) is 18.1 Å². The van der Waals surface area contributed by atoms with E-state index in [1.165, 1.54) is 11.1 Å². The van der Waals surface area contributed by atoms with Crippen LogP contribution in [0, 0.1) is 0 Å². The Hall–Kier alpha value is -1.63. The van der Waals surface area contributed by atoms with Gasteiger partial charge in [-0.1, -0.05) is 24.3 Å². The number of guanidine groups is 1. The second-order valence-corrected chi connectivity index (χ2v) is 6.51. The van der Waals surface area contributed by atoms with Gasteiger partial charge in [0.15, 0.2) is 5.96 Å². The Morgan fingerprint density at radius 1 is 1.08 bits per heavy atom. The molecule has 1 saturated heterocycles. The maximum absolute atomic E-state index is 5.06. The number of piperazine rings is 1. The van der Waals surface area contributed by atoms with Gasteiger partial charge in [0.25, 0.3) is 0 Å². The third-order valence-corrected chi connectivity index (χ3v) is 4.39. The van der Waals surface area contributed by atoms with E-state index in [1.807, 2.05) is 0 Å². The van der Waals surface area contributed by atoms with Gasteiger partial charge in [-0.25, -0.2) is 4.99 Å². The van der Waals surface area contributed by atoms with Crippen LogP contribution in [0.3, 0.4) is 0 Å². The summed E-state index contributed by atoms with van der Waals surface area (Å²) in [5, 5.41) is 6.52. The molecule has 0 unspecified atom stereocenters. The number of ether oxygens (including phenoxy) is 1. The molecule has 6 heteroatoms.